The number of likely N-dealkylation sites (tertiary alicyclic amines) is 1. The first-order valence-electron chi connectivity index (χ1n) is 7.37. The van der Waals surface area contributed by atoms with Crippen LogP contribution in [0.25, 0.3) is 0 Å². The maximum Gasteiger partial charge on any atom is 0.245 e. The highest BCUT2D eigenvalue weighted by Crippen LogP contribution is 2.31. The van der Waals surface area contributed by atoms with Gasteiger partial charge < -0.3 is 10.2 Å². The highest BCUT2D eigenvalue weighted by atomic mass is 16.2. The number of hydrogen-bond donors (Lipinski definition) is 1. The zero-order valence-electron chi connectivity index (χ0n) is 11.7. The minimum atomic E-state index is -0.0630. The molecule has 1 aromatic carbocycles. The monoisotopic (exact) mass is 258 g/mol. The van der Waals surface area contributed by atoms with Crippen LogP contribution in [0.4, 0.5) is 5.69 Å². The third-order valence-corrected chi connectivity index (χ3v) is 4.58. The second-order valence-electron chi connectivity index (χ2n) is 5.79. The molecule has 102 valence electrons. The first kappa shape index (κ1) is 12.5. The van der Waals surface area contributed by atoms with Crippen LogP contribution in [0, 0.1) is 0 Å². The topological polar surface area (TPSA) is 32.3 Å². The van der Waals surface area contributed by atoms with Crippen LogP contribution in [-0.4, -0.2) is 28.9 Å². The van der Waals surface area contributed by atoms with Gasteiger partial charge in [0, 0.05) is 24.2 Å². The Morgan fingerprint density at radius 1 is 1.37 bits per heavy atom. The summed E-state index contributed by atoms with van der Waals surface area (Å²) >= 11 is 0. The Morgan fingerprint density at radius 2 is 2.16 bits per heavy atom. The van der Waals surface area contributed by atoms with Crippen LogP contribution in [0.5, 0.6) is 0 Å². The van der Waals surface area contributed by atoms with Gasteiger partial charge >= 0.3 is 0 Å². The smallest absolute Gasteiger partial charge is 0.245 e. The van der Waals surface area contributed by atoms with Crippen molar-refractivity contribution < 1.29 is 4.79 Å². The van der Waals surface area contributed by atoms with E-state index in [1.165, 1.54) is 5.56 Å². The SMILES string of the molecule is CCC1CCC(C)N1C(=O)C1Cc2ccccc2N1. The molecule has 3 atom stereocenters. The van der Waals surface area contributed by atoms with Crippen molar-refractivity contribution in [2.75, 3.05) is 5.32 Å². The zero-order chi connectivity index (χ0) is 13.4. The minimum Gasteiger partial charge on any atom is -0.373 e. The van der Waals surface area contributed by atoms with E-state index < -0.39 is 0 Å². The van der Waals surface area contributed by atoms with Crippen molar-refractivity contribution in [1.29, 1.82) is 0 Å². The Kier molecular flexibility index (Phi) is 3.21. The standard InChI is InChI=1S/C16H22N2O/c1-3-13-9-8-11(2)18(13)16(19)15-10-12-6-4-5-7-14(12)17-15/h4-7,11,13,15,17H,3,8-10H2,1-2H3. The fourth-order valence-corrected chi connectivity index (χ4v) is 3.50. The van der Waals surface area contributed by atoms with Crippen LogP contribution in [0.15, 0.2) is 24.3 Å². The second-order valence-corrected chi connectivity index (χ2v) is 5.79. The summed E-state index contributed by atoms with van der Waals surface area (Å²) in [6, 6.07) is 9.00. The first-order valence-corrected chi connectivity index (χ1v) is 7.37. The quantitative estimate of drug-likeness (QED) is 0.884. The molecular formula is C16H22N2O. The molecule has 0 saturated carbocycles. The lowest BCUT2D eigenvalue weighted by Crippen LogP contribution is -2.47. The number of benzene rings is 1. The Balaban J connectivity index is 1.76. The van der Waals surface area contributed by atoms with Crippen molar-refractivity contribution in [3.05, 3.63) is 29.8 Å². The molecular weight excluding hydrogens is 236 g/mol. The molecule has 3 heteroatoms. The van der Waals surface area contributed by atoms with E-state index in [9.17, 15) is 4.79 Å². The van der Waals surface area contributed by atoms with Crippen molar-refractivity contribution in [1.82, 2.24) is 4.90 Å². The number of carbonyl (C=O) groups is 1. The molecule has 0 radical (unpaired) electrons. The van der Waals surface area contributed by atoms with Crippen LogP contribution in [0.1, 0.15) is 38.7 Å². The number of fused-ring (bicyclic) bond motifs is 1. The zero-order valence-corrected chi connectivity index (χ0v) is 11.7. The Labute approximate surface area is 115 Å². The van der Waals surface area contributed by atoms with Gasteiger partial charge in [0.1, 0.15) is 6.04 Å². The van der Waals surface area contributed by atoms with Crippen LogP contribution in [0.3, 0.4) is 0 Å². The van der Waals surface area contributed by atoms with Crippen molar-refractivity contribution in [2.24, 2.45) is 0 Å². The van der Waals surface area contributed by atoms with Gasteiger partial charge in [0.05, 0.1) is 0 Å². The molecule has 0 spiro atoms. The lowest BCUT2D eigenvalue weighted by atomic mass is 10.1. The van der Waals surface area contributed by atoms with Gasteiger partial charge in [0.2, 0.25) is 5.91 Å². The number of rotatable bonds is 2. The molecule has 3 unspecified atom stereocenters. The van der Waals surface area contributed by atoms with Gasteiger partial charge in [-0.25, -0.2) is 0 Å². The van der Waals surface area contributed by atoms with Gasteiger partial charge in [0.25, 0.3) is 0 Å². The summed E-state index contributed by atoms with van der Waals surface area (Å²) in [7, 11) is 0. The largest absolute Gasteiger partial charge is 0.373 e. The summed E-state index contributed by atoms with van der Waals surface area (Å²) in [6.07, 6.45) is 4.19. The Bertz CT molecular complexity index is 460. The molecule has 0 bridgehead atoms. The number of amides is 1. The molecule has 1 saturated heterocycles. The normalized spacial score (nSPS) is 29.2. The number of anilines is 1. The molecule has 2 aliphatic rings. The van der Waals surface area contributed by atoms with Gasteiger partial charge in [0.15, 0.2) is 0 Å². The number of hydrogen-bond acceptors (Lipinski definition) is 2. The molecule has 0 aromatic heterocycles. The Morgan fingerprint density at radius 3 is 2.89 bits per heavy atom. The van der Waals surface area contributed by atoms with E-state index in [0.29, 0.717) is 12.1 Å². The molecule has 19 heavy (non-hydrogen) atoms. The summed E-state index contributed by atoms with van der Waals surface area (Å²) in [4.78, 5) is 14.9. The molecule has 3 rings (SSSR count). The van der Waals surface area contributed by atoms with Gasteiger partial charge in [-0.05, 0) is 37.8 Å². The summed E-state index contributed by atoms with van der Waals surface area (Å²) < 4.78 is 0. The highest BCUT2D eigenvalue weighted by Gasteiger charge is 2.38. The van der Waals surface area contributed by atoms with E-state index in [2.05, 4.69) is 36.2 Å². The third kappa shape index (κ3) is 2.11. The van der Waals surface area contributed by atoms with E-state index >= 15 is 0 Å². The first-order chi connectivity index (χ1) is 9.20. The average molecular weight is 258 g/mol. The van der Waals surface area contributed by atoms with E-state index in [-0.39, 0.29) is 11.9 Å². The van der Waals surface area contributed by atoms with Crippen LogP contribution in [-0.2, 0) is 11.2 Å². The number of nitrogens with one attached hydrogen (secondary N) is 1. The number of carbonyl (C=O) groups excluding carboxylic acids is 1. The Hall–Kier alpha value is -1.51. The van der Waals surface area contributed by atoms with Gasteiger partial charge in [-0.1, -0.05) is 25.1 Å². The highest BCUT2D eigenvalue weighted by molar-refractivity contribution is 5.88. The van der Waals surface area contributed by atoms with Crippen LogP contribution >= 0.6 is 0 Å². The molecule has 1 aromatic rings. The molecule has 1 amide bonds. The van der Waals surface area contributed by atoms with Crippen molar-refractivity contribution in [2.45, 2.75) is 57.7 Å². The van der Waals surface area contributed by atoms with E-state index in [1.807, 2.05) is 12.1 Å². The molecule has 2 heterocycles. The molecule has 1 fully saturated rings. The fourth-order valence-electron chi connectivity index (χ4n) is 3.50. The average Bonchev–Trinajstić information content (AvgIpc) is 3.01. The minimum absolute atomic E-state index is 0.0630. The van der Waals surface area contributed by atoms with Crippen molar-refractivity contribution in [3.8, 4) is 0 Å². The van der Waals surface area contributed by atoms with Gasteiger partial charge in [-0.3, -0.25) is 4.79 Å². The maximum atomic E-state index is 12.8. The van der Waals surface area contributed by atoms with E-state index in [1.54, 1.807) is 0 Å². The summed E-state index contributed by atoms with van der Waals surface area (Å²) in [5, 5.41) is 3.39. The van der Waals surface area contributed by atoms with E-state index in [0.717, 1.165) is 31.4 Å². The molecule has 3 nitrogen and oxygen atoms in total. The van der Waals surface area contributed by atoms with Crippen LogP contribution in [0.2, 0.25) is 0 Å². The van der Waals surface area contributed by atoms with Crippen molar-refractivity contribution >= 4 is 11.6 Å². The molecule has 2 aliphatic heterocycles. The predicted molar refractivity (Wildman–Crippen MR) is 77.2 cm³/mol. The van der Waals surface area contributed by atoms with Gasteiger partial charge in [-0.15, -0.1) is 0 Å². The van der Waals surface area contributed by atoms with E-state index in [4.69, 9.17) is 0 Å². The summed E-state index contributed by atoms with van der Waals surface area (Å²) in [5.74, 6) is 0.285. The number of para-hydroxylation sites is 1. The predicted octanol–water partition coefficient (Wildman–Crippen LogP) is 2.81. The lowest BCUT2D eigenvalue weighted by molar-refractivity contribution is -0.134. The molecule has 0 aliphatic carbocycles. The summed E-state index contributed by atoms with van der Waals surface area (Å²) in [5.41, 5.74) is 2.39. The van der Waals surface area contributed by atoms with Crippen LogP contribution < -0.4 is 5.32 Å². The summed E-state index contributed by atoms with van der Waals surface area (Å²) in [6.45, 7) is 4.36. The number of nitrogens with zero attached hydrogens (tertiary/aromatic N) is 1. The molecule has 1 N–H and O–H groups in total. The fraction of sp³-hybridized carbons (Fsp3) is 0.562. The third-order valence-electron chi connectivity index (χ3n) is 4.58. The van der Waals surface area contributed by atoms with Gasteiger partial charge in [-0.2, -0.15) is 0 Å². The second kappa shape index (κ2) is 4.87. The maximum absolute atomic E-state index is 12.8. The van der Waals surface area contributed by atoms with Crippen molar-refractivity contribution in [3.63, 3.8) is 0 Å². The lowest BCUT2D eigenvalue weighted by Gasteiger charge is -2.30.